The highest BCUT2D eigenvalue weighted by Crippen LogP contribution is 2.19. The van der Waals surface area contributed by atoms with Gasteiger partial charge in [-0.05, 0) is 17.7 Å². The third kappa shape index (κ3) is 4.66. The molecular weight excluding hydrogens is 316 g/mol. The Morgan fingerprint density at radius 3 is 2.75 bits per heavy atom. The number of nitro groups is 1. The van der Waals surface area contributed by atoms with Crippen molar-refractivity contribution in [3.05, 3.63) is 39.9 Å². The lowest BCUT2D eigenvalue weighted by Crippen LogP contribution is -2.37. The average Bonchev–Trinajstić information content (AvgIpc) is 2.92. The van der Waals surface area contributed by atoms with Gasteiger partial charge in [0.15, 0.2) is 0 Å². The van der Waals surface area contributed by atoms with Gasteiger partial charge in [0.2, 0.25) is 0 Å². The maximum absolute atomic E-state index is 12.2. The summed E-state index contributed by atoms with van der Waals surface area (Å²) in [6.07, 6.45) is 0.837. The van der Waals surface area contributed by atoms with E-state index in [1.54, 1.807) is 25.3 Å². The van der Waals surface area contributed by atoms with Crippen molar-refractivity contribution in [2.75, 3.05) is 20.6 Å². The van der Waals surface area contributed by atoms with E-state index < -0.39 is 17.1 Å². The van der Waals surface area contributed by atoms with Crippen LogP contribution in [0.5, 0.6) is 0 Å². The SMILES string of the molecule is CN(C)N=C[C@@H]1CC(O)CN1C(=O)OCc1ccc([N+](=O)[O-])cc1. The summed E-state index contributed by atoms with van der Waals surface area (Å²) in [7, 11) is 3.53. The first-order valence-corrected chi connectivity index (χ1v) is 7.43. The van der Waals surface area contributed by atoms with Crippen molar-refractivity contribution in [2.24, 2.45) is 5.10 Å². The van der Waals surface area contributed by atoms with E-state index in [-0.39, 0.29) is 24.9 Å². The molecule has 1 aromatic carbocycles. The molecule has 2 rings (SSSR count). The first kappa shape index (κ1) is 17.7. The third-order valence-electron chi connectivity index (χ3n) is 3.54. The van der Waals surface area contributed by atoms with Gasteiger partial charge in [-0.3, -0.25) is 15.0 Å². The van der Waals surface area contributed by atoms with Crippen LogP contribution in [-0.4, -0.2) is 65.0 Å². The fourth-order valence-corrected chi connectivity index (χ4v) is 2.35. The molecule has 1 fully saturated rings. The number of hydrogen-bond acceptors (Lipinski definition) is 7. The molecule has 0 aliphatic carbocycles. The van der Waals surface area contributed by atoms with E-state index in [2.05, 4.69) is 5.10 Å². The summed E-state index contributed by atoms with van der Waals surface area (Å²) in [5.41, 5.74) is 0.625. The summed E-state index contributed by atoms with van der Waals surface area (Å²) < 4.78 is 5.23. The molecular formula is C15H20N4O5. The Bertz CT molecular complexity index is 617. The minimum Gasteiger partial charge on any atom is -0.445 e. The zero-order valence-electron chi connectivity index (χ0n) is 13.5. The molecule has 0 saturated carbocycles. The molecule has 9 heteroatoms. The van der Waals surface area contributed by atoms with Gasteiger partial charge in [0, 0.05) is 38.9 Å². The monoisotopic (exact) mass is 336 g/mol. The predicted molar refractivity (Wildman–Crippen MR) is 86.6 cm³/mol. The van der Waals surface area contributed by atoms with E-state index in [4.69, 9.17) is 4.74 Å². The first-order valence-electron chi connectivity index (χ1n) is 7.43. The number of likely N-dealkylation sites (tertiary alicyclic amines) is 1. The van der Waals surface area contributed by atoms with Gasteiger partial charge in [0.25, 0.3) is 5.69 Å². The second-order valence-electron chi connectivity index (χ2n) is 5.70. The average molecular weight is 336 g/mol. The summed E-state index contributed by atoms with van der Waals surface area (Å²) in [6.45, 7) is 0.185. The van der Waals surface area contributed by atoms with E-state index >= 15 is 0 Å². The van der Waals surface area contributed by atoms with Crippen LogP contribution in [0.1, 0.15) is 12.0 Å². The molecule has 9 nitrogen and oxygen atoms in total. The van der Waals surface area contributed by atoms with Crippen LogP contribution < -0.4 is 0 Å². The smallest absolute Gasteiger partial charge is 0.410 e. The highest BCUT2D eigenvalue weighted by atomic mass is 16.6. The number of rotatable bonds is 5. The van der Waals surface area contributed by atoms with Crippen LogP contribution in [0.3, 0.4) is 0 Å². The fraction of sp³-hybridized carbons (Fsp3) is 0.467. The van der Waals surface area contributed by atoms with Crippen LogP contribution in [-0.2, 0) is 11.3 Å². The minimum atomic E-state index is -0.615. The second kappa shape index (κ2) is 7.73. The summed E-state index contributed by atoms with van der Waals surface area (Å²) in [6, 6.07) is 5.46. The van der Waals surface area contributed by atoms with E-state index in [0.717, 1.165) is 0 Å². The van der Waals surface area contributed by atoms with Gasteiger partial charge in [0.05, 0.1) is 23.6 Å². The van der Waals surface area contributed by atoms with Crippen molar-refractivity contribution < 1.29 is 19.6 Å². The number of benzene rings is 1. The number of non-ortho nitro benzene ring substituents is 1. The lowest BCUT2D eigenvalue weighted by atomic mass is 10.2. The number of hydrazone groups is 1. The van der Waals surface area contributed by atoms with E-state index in [0.29, 0.717) is 12.0 Å². The van der Waals surface area contributed by atoms with Gasteiger partial charge in [-0.15, -0.1) is 0 Å². The Labute approximate surface area is 139 Å². The van der Waals surface area contributed by atoms with Gasteiger partial charge >= 0.3 is 6.09 Å². The van der Waals surface area contributed by atoms with Crippen LogP contribution in [0.25, 0.3) is 0 Å². The number of aliphatic hydroxyl groups excluding tert-OH is 1. The zero-order chi connectivity index (χ0) is 17.7. The lowest BCUT2D eigenvalue weighted by molar-refractivity contribution is -0.384. The quantitative estimate of drug-likeness (QED) is 0.492. The molecule has 24 heavy (non-hydrogen) atoms. The van der Waals surface area contributed by atoms with E-state index in [9.17, 15) is 20.0 Å². The molecule has 0 bridgehead atoms. The number of aliphatic hydroxyl groups is 1. The standard InChI is InChI=1S/C15H20N4O5/c1-17(2)16-8-13-7-14(20)9-18(13)15(21)24-10-11-3-5-12(6-4-11)19(22)23/h3-6,8,13-14,20H,7,9-10H2,1-2H3/t13-,14?/m0/s1. The lowest BCUT2D eigenvalue weighted by Gasteiger charge is -2.21. The van der Waals surface area contributed by atoms with Crippen molar-refractivity contribution in [2.45, 2.75) is 25.2 Å². The molecule has 130 valence electrons. The number of hydrogen-bond donors (Lipinski definition) is 1. The van der Waals surface area contributed by atoms with Crippen molar-refractivity contribution >= 4 is 18.0 Å². The summed E-state index contributed by atoms with van der Waals surface area (Å²) in [5, 5.41) is 26.1. The Morgan fingerprint density at radius 1 is 1.50 bits per heavy atom. The maximum Gasteiger partial charge on any atom is 0.410 e. The number of carbonyl (C=O) groups excluding carboxylic acids is 1. The maximum atomic E-state index is 12.2. The largest absolute Gasteiger partial charge is 0.445 e. The highest BCUT2D eigenvalue weighted by Gasteiger charge is 2.34. The van der Waals surface area contributed by atoms with Gasteiger partial charge < -0.3 is 14.9 Å². The Balaban J connectivity index is 1.94. The van der Waals surface area contributed by atoms with Gasteiger partial charge in [0.1, 0.15) is 6.61 Å². The molecule has 0 aromatic heterocycles. The first-order chi connectivity index (χ1) is 11.4. The van der Waals surface area contributed by atoms with E-state index in [1.165, 1.54) is 29.2 Å². The third-order valence-corrected chi connectivity index (χ3v) is 3.54. The van der Waals surface area contributed by atoms with Crippen LogP contribution in [0.15, 0.2) is 29.4 Å². The number of amides is 1. The van der Waals surface area contributed by atoms with E-state index in [1.807, 2.05) is 0 Å². The molecule has 0 spiro atoms. The fourth-order valence-electron chi connectivity index (χ4n) is 2.35. The Morgan fingerprint density at radius 2 is 2.17 bits per heavy atom. The normalized spacial score (nSPS) is 20.4. The minimum absolute atomic E-state index is 0.000959. The summed E-state index contributed by atoms with van der Waals surface area (Å²) in [4.78, 5) is 23.7. The van der Waals surface area contributed by atoms with Gasteiger partial charge in [-0.1, -0.05) is 0 Å². The molecule has 1 aromatic rings. The van der Waals surface area contributed by atoms with Gasteiger partial charge in [-0.2, -0.15) is 5.10 Å². The molecule has 1 aliphatic rings. The van der Waals surface area contributed by atoms with Crippen molar-refractivity contribution in [1.29, 1.82) is 0 Å². The Kier molecular flexibility index (Phi) is 5.69. The van der Waals surface area contributed by atoms with Gasteiger partial charge in [-0.25, -0.2) is 4.79 Å². The summed E-state index contributed by atoms with van der Waals surface area (Å²) >= 11 is 0. The topological polar surface area (TPSA) is 109 Å². The molecule has 1 amide bonds. The van der Waals surface area contributed by atoms with Crippen LogP contribution >= 0.6 is 0 Å². The molecule has 1 aliphatic heterocycles. The van der Waals surface area contributed by atoms with Crippen molar-refractivity contribution in [3.8, 4) is 0 Å². The molecule has 1 saturated heterocycles. The number of ether oxygens (including phenoxy) is 1. The number of nitrogens with zero attached hydrogens (tertiary/aromatic N) is 4. The molecule has 2 atom stereocenters. The van der Waals surface area contributed by atoms with Crippen molar-refractivity contribution in [3.63, 3.8) is 0 Å². The van der Waals surface area contributed by atoms with Crippen LogP contribution in [0.4, 0.5) is 10.5 Å². The number of β-amino-alcohol motifs (C(OH)–C–C–N with tert-alkyl or cyclic N) is 1. The van der Waals surface area contributed by atoms with Crippen molar-refractivity contribution in [1.82, 2.24) is 9.91 Å². The summed E-state index contributed by atoms with van der Waals surface area (Å²) in [5.74, 6) is 0. The highest BCUT2D eigenvalue weighted by molar-refractivity contribution is 5.76. The Hall–Kier alpha value is -2.68. The number of nitro benzene ring substituents is 1. The zero-order valence-corrected chi connectivity index (χ0v) is 13.5. The predicted octanol–water partition coefficient (Wildman–Crippen LogP) is 1.21. The molecule has 1 N–H and O–H groups in total. The second-order valence-corrected chi connectivity index (χ2v) is 5.70. The molecule has 1 unspecified atom stereocenters. The van der Waals surface area contributed by atoms with Crippen LogP contribution in [0.2, 0.25) is 0 Å². The molecule has 1 heterocycles. The molecule has 0 radical (unpaired) electrons. The number of carbonyl (C=O) groups is 1. The van der Waals surface area contributed by atoms with Crippen LogP contribution in [0, 0.1) is 10.1 Å².